The number of rotatable bonds is 6. The van der Waals surface area contributed by atoms with Crippen LogP contribution in [0.2, 0.25) is 10.0 Å². The fourth-order valence-electron chi connectivity index (χ4n) is 3.07. The quantitative estimate of drug-likeness (QED) is 0.375. The van der Waals surface area contributed by atoms with E-state index in [1.165, 1.54) is 48.5 Å². The first kappa shape index (κ1) is 24.0. The van der Waals surface area contributed by atoms with E-state index in [1.54, 1.807) is 6.07 Å². The molecule has 3 aromatic rings. The van der Waals surface area contributed by atoms with Crippen molar-refractivity contribution < 1.29 is 27.8 Å². The van der Waals surface area contributed by atoms with Crippen molar-refractivity contribution >= 4 is 45.1 Å². The lowest BCUT2D eigenvalue weighted by atomic mass is 10.1. The predicted octanol–water partition coefficient (Wildman–Crippen LogP) is 6.65. The maximum Gasteiger partial charge on any atom is 0.432 e. The molecule has 0 radical (unpaired) electrons. The second-order valence-electron chi connectivity index (χ2n) is 6.51. The number of carboxylic acids is 1. The molecule has 0 amide bonds. The topological polar surface area (TPSA) is 75.2 Å². The summed E-state index contributed by atoms with van der Waals surface area (Å²) in [4.78, 5) is 11.9. The van der Waals surface area contributed by atoms with E-state index < -0.39 is 35.0 Å². The molecule has 0 aliphatic heterocycles. The largest absolute Gasteiger partial charge is 0.478 e. The molecule has 11 heteroatoms. The SMILES string of the molecule is N#Cc1c(Br)c(C(F)(F)F)n(CC(Oc2ccc(Cl)cc2)C(=O)O)c1-c1ccc(Cl)cc1. The van der Waals surface area contributed by atoms with Gasteiger partial charge in [-0.05, 0) is 57.9 Å². The summed E-state index contributed by atoms with van der Waals surface area (Å²) in [5.41, 5.74) is -1.37. The molecule has 0 spiro atoms. The minimum Gasteiger partial charge on any atom is -0.478 e. The Labute approximate surface area is 198 Å². The molecule has 2 aromatic carbocycles. The molecule has 1 unspecified atom stereocenters. The fraction of sp³-hybridized carbons (Fsp3) is 0.143. The highest BCUT2D eigenvalue weighted by Gasteiger charge is 2.42. The van der Waals surface area contributed by atoms with Crippen molar-refractivity contribution in [3.05, 3.63) is 74.3 Å². The van der Waals surface area contributed by atoms with E-state index in [2.05, 4.69) is 15.9 Å². The number of aromatic nitrogens is 1. The number of nitrogens with zero attached hydrogens (tertiary/aromatic N) is 2. The van der Waals surface area contributed by atoms with Gasteiger partial charge >= 0.3 is 12.1 Å². The zero-order chi connectivity index (χ0) is 23.6. The number of alkyl halides is 3. The average molecular weight is 548 g/mol. The van der Waals surface area contributed by atoms with E-state index in [-0.39, 0.29) is 22.6 Å². The van der Waals surface area contributed by atoms with Crippen LogP contribution in [0.1, 0.15) is 11.3 Å². The molecule has 0 fully saturated rings. The minimum atomic E-state index is -4.89. The van der Waals surface area contributed by atoms with Gasteiger partial charge in [0, 0.05) is 10.0 Å². The second-order valence-corrected chi connectivity index (χ2v) is 8.18. The van der Waals surface area contributed by atoms with Crippen LogP contribution in [0.15, 0.2) is 53.0 Å². The summed E-state index contributed by atoms with van der Waals surface area (Å²) in [5, 5.41) is 19.9. The number of carbonyl (C=O) groups is 1. The Morgan fingerprint density at radius 3 is 2.12 bits per heavy atom. The average Bonchev–Trinajstić information content (AvgIpc) is 3.00. The van der Waals surface area contributed by atoms with Crippen LogP contribution in [0.25, 0.3) is 11.3 Å². The Hall–Kier alpha value is -2.67. The van der Waals surface area contributed by atoms with Gasteiger partial charge < -0.3 is 14.4 Å². The third kappa shape index (κ3) is 5.04. The first-order chi connectivity index (χ1) is 15.0. The fourth-order valence-corrected chi connectivity index (χ4v) is 4.03. The van der Waals surface area contributed by atoms with Crippen molar-refractivity contribution in [1.82, 2.24) is 4.57 Å². The van der Waals surface area contributed by atoms with Crippen LogP contribution in [0.5, 0.6) is 5.75 Å². The van der Waals surface area contributed by atoms with Gasteiger partial charge in [-0.15, -0.1) is 0 Å². The monoisotopic (exact) mass is 546 g/mol. The van der Waals surface area contributed by atoms with Crippen molar-refractivity contribution in [3.8, 4) is 23.1 Å². The lowest BCUT2D eigenvalue weighted by Crippen LogP contribution is -2.33. The van der Waals surface area contributed by atoms with Crippen molar-refractivity contribution in [2.75, 3.05) is 0 Å². The number of nitriles is 1. The number of carboxylic acid groups (broad SMARTS) is 1. The lowest BCUT2D eigenvalue weighted by Gasteiger charge is -2.21. The summed E-state index contributed by atoms with van der Waals surface area (Å²) < 4.78 is 47.5. The smallest absolute Gasteiger partial charge is 0.432 e. The van der Waals surface area contributed by atoms with Gasteiger partial charge in [0.2, 0.25) is 6.10 Å². The zero-order valence-electron chi connectivity index (χ0n) is 15.8. The molecule has 0 aliphatic carbocycles. The molecule has 3 rings (SSSR count). The third-order valence-electron chi connectivity index (χ3n) is 4.42. The molecule has 5 nitrogen and oxygen atoms in total. The number of hydrogen-bond acceptors (Lipinski definition) is 3. The summed E-state index contributed by atoms with van der Waals surface area (Å²) >= 11 is 14.6. The van der Waals surface area contributed by atoms with Crippen molar-refractivity contribution in [1.29, 1.82) is 5.26 Å². The van der Waals surface area contributed by atoms with Gasteiger partial charge in [-0.2, -0.15) is 18.4 Å². The molecule has 1 N–H and O–H groups in total. The van der Waals surface area contributed by atoms with Crippen LogP contribution < -0.4 is 4.74 Å². The van der Waals surface area contributed by atoms with Gasteiger partial charge in [0.1, 0.15) is 17.5 Å². The number of halogens is 6. The van der Waals surface area contributed by atoms with Gasteiger partial charge in [-0.25, -0.2) is 4.79 Å². The molecule has 0 bridgehead atoms. The van der Waals surface area contributed by atoms with Gasteiger partial charge in [-0.1, -0.05) is 35.3 Å². The molecule has 1 aromatic heterocycles. The third-order valence-corrected chi connectivity index (χ3v) is 5.69. The highest BCUT2D eigenvalue weighted by molar-refractivity contribution is 9.10. The predicted molar refractivity (Wildman–Crippen MR) is 116 cm³/mol. The van der Waals surface area contributed by atoms with Crippen molar-refractivity contribution in [2.45, 2.75) is 18.8 Å². The highest BCUT2D eigenvalue weighted by atomic mass is 79.9. The van der Waals surface area contributed by atoms with Gasteiger partial charge in [0.15, 0.2) is 0 Å². The standard InChI is InChI=1S/C21H12BrCl2F3N2O3/c22-17-15(9-28)18(11-1-3-12(23)4-2-11)29(19(17)21(25,26)27)10-16(20(30)31)32-14-7-5-13(24)6-8-14/h1-8,16H,10H2,(H,30,31). The zero-order valence-corrected chi connectivity index (χ0v) is 18.9. The lowest BCUT2D eigenvalue weighted by molar-refractivity contribution is -0.150. The van der Waals surface area contributed by atoms with Crippen LogP contribution in [0.3, 0.4) is 0 Å². The van der Waals surface area contributed by atoms with E-state index in [0.29, 0.717) is 10.0 Å². The van der Waals surface area contributed by atoms with Crippen LogP contribution in [0, 0.1) is 11.3 Å². The molecule has 1 heterocycles. The highest BCUT2D eigenvalue weighted by Crippen LogP contribution is 2.43. The number of benzene rings is 2. The van der Waals surface area contributed by atoms with E-state index in [0.717, 1.165) is 4.57 Å². The van der Waals surface area contributed by atoms with Gasteiger partial charge in [0.25, 0.3) is 0 Å². The van der Waals surface area contributed by atoms with Crippen molar-refractivity contribution in [3.63, 3.8) is 0 Å². The van der Waals surface area contributed by atoms with E-state index in [1.807, 2.05) is 0 Å². The molecular formula is C21H12BrCl2F3N2O3. The summed E-state index contributed by atoms with van der Waals surface area (Å²) in [6.07, 6.45) is -6.59. The molecule has 166 valence electrons. The van der Waals surface area contributed by atoms with Crippen molar-refractivity contribution in [2.24, 2.45) is 0 Å². The summed E-state index contributed by atoms with van der Waals surface area (Å²) in [6, 6.07) is 13.3. The molecule has 0 saturated heterocycles. The first-order valence-electron chi connectivity index (χ1n) is 8.83. The number of ether oxygens (including phenoxy) is 1. The number of hydrogen-bond donors (Lipinski definition) is 1. The minimum absolute atomic E-state index is 0.107. The van der Waals surface area contributed by atoms with Crippen LogP contribution in [-0.4, -0.2) is 21.7 Å². The van der Waals surface area contributed by atoms with Crippen LogP contribution in [0.4, 0.5) is 13.2 Å². The second kappa shape index (κ2) is 9.45. The summed E-state index contributed by atoms with van der Waals surface area (Å²) in [7, 11) is 0. The van der Waals surface area contributed by atoms with Crippen LogP contribution >= 0.6 is 39.1 Å². The Kier molecular flexibility index (Phi) is 7.08. The summed E-state index contributed by atoms with van der Waals surface area (Å²) in [6.45, 7) is -0.731. The van der Waals surface area contributed by atoms with E-state index >= 15 is 0 Å². The maximum atomic E-state index is 14.0. The van der Waals surface area contributed by atoms with Gasteiger partial charge in [-0.3, -0.25) is 0 Å². The summed E-state index contributed by atoms with van der Waals surface area (Å²) in [5.74, 6) is -1.38. The van der Waals surface area contributed by atoms with E-state index in [4.69, 9.17) is 27.9 Å². The molecular weight excluding hydrogens is 536 g/mol. The Morgan fingerprint density at radius 2 is 1.66 bits per heavy atom. The van der Waals surface area contributed by atoms with Gasteiger partial charge in [0.05, 0.1) is 22.3 Å². The molecule has 32 heavy (non-hydrogen) atoms. The first-order valence-corrected chi connectivity index (χ1v) is 10.4. The molecule has 0 aliphatic rings. The Balaban J connectivity index is 2.17. The Bertz CT molecular complexity index is 1190. The molecule has 0 saturated carbocycles. The number of aliphatic carboxylic acids is 1. The normalized spacial score (nSPS) is 12.3. The molecule has 1 atom stereocenters. The maximum absolute atomic E-state index is 14.0. The van der Waals surface area contributed by atoms with Crippen LogP contribution in [-0.2, 0) is 17.5 Å². The van der Waals surface area contributed by atoms with E-state index in [9.17, 15) is 28.3 Å². The Morgan fingerprint density at radius 1 is 1.12 bits per heavy atom.